The minimum absolute atomic E-state index is 0.0881. The fourth-order valence-electron chi connectivity index (χ4n) is 0.987. The second kappa shape index (κ2) is 4.15. The molecule has 0 bridgehead atoms. The average Bonchev–Trinajstić information content (AvgIpc) is 2.09. The largest absolute Gasteiger partial charge is 0.276 e. The van der Waals surface area contributed by atoms with Gasteiger partial charge in [0.05, 0.1) is 6.54 Å². The van der Waals surface area contributed by atoms with Gasteiger partial charge in [-0.1, -0.05) is 17.7 Å². The second-order valence-electron chi connectivity index (χ2n) is 2.51. The van der Waals surface area contributed by atoms with Gasteiger partial charge in [0.25, 0.3) is 5.56 Å². The van der Waals surface area contributed by atoms with Crippen LogP contribution in [-0.2, 0) is 6.54 Å². The summed E-state index contributed by atoms with van der Waals surface area (Å²) in [5.41, 5.74) is 0.637. The summed E-state index contributed by atoms with van der Waals surface area (Å²) in [6.07, 6.45) is 7.01. The maximum Gasteiger partial charge on any atom is 0.255 e. The Hall–Kier alpha value is -1.21. The smallest absolute Gasteiger partial charge is 0.255 e. The van der Waals surface area contributed by atoms with Gasteiger partial charge in [0.15, 0.2) is 5.16 Å². The Morgan fingerprint density at radius 3 is 3.00 bits per heavy atom. The molecule has 68 valence electrons. The Morgan fingerprint density at radius 2 is 2.46 bits per heavy atom. The number of hydrogen-bond donors (Lipinski definition) is 0. The zero-order valence-corrected chi connectivity index (χ0v) is 8.39. The van der Waals surface area contributed by atoms with Crippen molar-refractivity contribution in [2.45, 2.75) is 18.6 Å². The fraction of sp³-hybridized carbons (Fsp3) is 0.333. The molecule has 0 unspecified atom stereocenters. The van der Waals surface area contributed by atoms with E-state index in [4.69, 9.17) is 6.42 Å². The molecule has 0 amide bonds. The van der Waals surface area contributed by atoms with Crippen molar-refractivity contribution in [3.8, 4) is 12.3 Å². The van der Waals surface area contributed by atoms with Gasteiger partial charge in [0.2, 0.25) is 0 Å². The summed E-state index contributed by atoms with van der Waals surface area (Å²) < 4.78 is 1.48. The van der Waals surface area contributed by atoms with Crippen LogP contribution in [0.15, 0.2) is 16.0 Å². The Labute approximate surface area is 81.2 Å². The van der Waals surface area contributed by atoms with E-state index in [-0.39, 0.29) is 12.1 Å². The third kappa shape index (κ3) is 2.13. The van der Waals surface area contributed by atoms with E-state index in [1.165, 1.54) is 22.4 Å². The Bertz CT molecular complexity index is 403. The molecule has 0 fully saturated rings. The first-order chi connectivity index (χ1) is 6.19. The highest BCUT2D eigenvalue weighted by Gasteiger charge is 2.03. The highest BCUT2D eigenvalue weighted by Crippen LogP contribution is 2.09. The molecular weight excluding hydrogens is 184 g/mol. The number of aromatic nitrogens is 2. The van der Waals surface area contributed by atoms with Crippen LogP contribution in [0, 0.1) is 19.3 Å². The molecule has 0 aromatic carbocycles. The van der Waals surface area contributed by atoms with Crippen LogP contribution in [0.5, 0.6) is 0 Å². The minimum atomic E-state index is -0.0881. The van der Waals surface area contributed by atoms with Crippen molar-refractivity contribution in [2.24, 2.45) is 0 Å². The first-order valence-electron chi connectivity index (χ1n) is 3.75. The zero-order valence-electron chi connectivity index (χ0n) is 7.57. The highest BCUT2D eigenvalue weighted by molar-refractivity contribution is 7.98. The molecule has 0 spiro atoms. The first-order valence-corrected chi connectivity index (χ1v) is 4.97. The summed E-state index contributed by atoms with van der Waals surface area (Å²) in [5.74, 6) is 2.43. The average molecular weight is 194 g/mol. The van der Waals surface area contributed by atoms with Gasteiger partial charge >= 0.3 is 0 Å². The summed E-state index contributed by atoms with van der Waals surface area (Å²) in [7, 11) is 0. The van der Waals surface area contributed by atoms with Gasteiger partial charge < -0.3 is 0 Å². The maximum atomic E-state index is 11.4. The van der Waals surface area contributed by atoms with E-state index in [1.54, 1.807) is 6.92 Å². The van der Waals surface area contributed by atoms with Crippen LogP contribution < -0.4 is 5.56 Å². The fourth-order valence-corrected chi connectivity index (χ4v) is 1.60. The van der Waals surface area contributed by atoms with Crippen LogP contribution in [0.4, 0.5) is 0 Å². The number of terminal acetylenes is 1. The summed E-state index contributed by atoms with van der Waals surface area (Å²) in [6.45, 7) is 2.07. The topological polar surface area (TPSA) is 34.9 Å². The van der Waals surface area contributed by atoms with E-state index >= 15 is 0 Å². The molecule has 1 rings (SSSR count). The normalized spacial score (nSPS) is 9.62. The lowest BCUT2D eigenvalue weighted by Gasteiger charge is -2.06. The minimum Gasteiger partial charge on any atom is -0.276 e. The number of hydrogen-bond acceptors (Lipinski definition) is 3. The van der Waals surface area contributed by atoms with Gasteiger partial charge in [-0.25, -0.2) is 4.98 Å². The van der Waals surface area contributed by atoms with Crippen LogP contribution in [0.3, 0.4) is 0 Å². The van der Waals surface area contributed by atoms with Crippen LogP contribution in [0.25, 0.3) is 0 Å². The Kier molecular flexibility index (Phi) is 3.15. The lowest BCUT2D eigenvalue weighted by molar-refractivity contribution is 0.661. The Morgan fingerprint density at radius 1 is 1.77 bits per heavy atom. The summed E-state index contributed by atoms with van der Waals surface area (Å²) in [5, 5.41) is 0.669. The molecule has 0 saturated heterocycles. The second-order valence-corrected chi connectivity index (χ2v) is 3.29. The van der Waals surface area contributed by atoms with Gasteiger partial charge in [-0.2, -0.15) is 0 Å². The highest BCUT2D eigenvalue weighted by atomic mass is 32.2. The lowest BCUT2D eigenvalue weighted by Crippen LogP contribution is -2.22. The van der Waals surface area contributed by atoms with Gasteiger partial charge in [0, 0.05) is 11.8 Å². The maximum absolute atomic E-state index is 11.4. The van der Waals surface area contributed by atoms with Crippen molar-refractivity contribution in [3.63, 3.8) is 0 Å². The lowest BCUT2D eigenvalue weighted by atomic mass is 10.4. The van der Waals surface area contributed by atoms with Gasteiger partial charge in [0.1, 0.15) is 0 Å². The van der Waals surface area contributed by atoms with Crippen molar-refractivity contribution in [3.05, 3.63) is 22.1 Å². The van der Waals surface area contributed by atoms with E-state index in [0.29, 0.717) is 5.16 Å². The quantitative estimate of drug-likeness (QED) is 0.399. The molecule has 0 aliphatic carbocycles. The molecule has 0 radical (unpaired) electrons. The van der Waals surface area contributed by atoms with Crippen LogP contribution in [0.2, 0.25) is 0 Å². The third-order valence-electron chi connectivity index (χ3n) is 1.53. The molecule has 4 heteroatoms. The molecule has 3 nitrogen and oxygen atoms in total. The van der Waals surface area contributed by atoms with E-state index in [1.807, 2.05) is 6.26 Å². The molecule has 1 heterocycles. The van der Waals surface area contributed by atoms with E-state index < -0.39 is 0 Å². The molecule has 0 aliphatic heterocycles. The van der Waals surface area contributed by atoms with Crippen LogP contribution in [-0.4, -0.2) is 15.8 Å². The van der Waals surface area contributed by atoms with Crippen molar-refractivity contribution < 1.29 is 0 Å². The predicted molar refractivity (Wildman–Crippen MR) is 53.8 cm³/mol. The van der Waals surface area contributed by atoms with Crippen molar-refractivity contribution in [1.29, 1.82) is 0 Å². The standard InChI is InChI=1S/C9H10N2OS/c1-4-5-11-8(12)6-7(2)10-9(11)13-3/h1,6H,5H2,2-3H3. The summed E-state index contributed by atoms with van der Waals surface area (Å²) in [4.78, 5) is 15.6. The molecule has 1 aromatic heterocycles. The monoisotopic (exact) mass is 194 g/mol. The molecular formula is C9H10N2OS. The third-order valence-corrected chi connectivity index (χ3v) is 2.21. The molecule has 0 N–H and O–H groups in total. The number of thioether (sulfide) groups is 1. The number of aryl methyl sites for hydroxylation is 1. The number of rotatable bonds is 2. The molecule has 1 aromatic rings. The summed E-state index contributed by atoms with van der Waals surface area (Å²) in [6, 6.07) is 1.48. The predicted octanol–water partition coefficient (Wildman–Crippen LogP) is 0.907. The van der Waals surface area contributed by atoms with Crippen LogP contribution in [0.1, 0.15) is 5.69 Å². The number of nitrogens with zero attached hydrogens (tertiary/aromatic N) is 2. The van der Waals surface area contributed by atoms with Crippen molar-refractivity contribution in [1.82, 2.24) is 9.55 Å². The van der Waals surface area contributed by atoms with Crippen LogP contribution >= 0.6 is 11.8 Å². The van der Waals surface area contributed by atoms with Crippen molar-refractivity contribution >= 4 is 11.8 Å². The Balaban J connectivity index is 3.32. The molecule has 0 aliphatic rings. The summed E-state index contributed by atoms with van der Waals surface area (Å²) >= 11 is 1.42. The van der Waals surface area contributed by atoms with Gasteiger partial charge in [-0.15, -0.1) is 6.42 Å². The van der Waals surface area contributed by atoms with E-state index in [9.17, 15) is 4.79 Å². The first kappa shape index (κ1) is 9.87. The van der Waals surface area contributed by atoms with Crippen molar-refractivity contribution in [2.75, 3.05) is 6.26 Å². The SMILES string of the molecule is C#CCn1c(SC)nc(C)cc1=O. The van der Waals surface area contributed by atoms with E-state index in [2.05, 4.69) is 10.9 Å². The molecule has 0 saturated carbocycles. The van der Waals surface area contributed by atoms with E-state index in [0.717, 1.165) is 5.69 Å². The molecule has 13 heavy (non-hydrogen) atoms. The zero-order chi connectivity index (χ0) is 9.84. The van der Waals surface area contributed by atoms with Gasteiger partial charge in [-0.05, 0) is 13.2 Å². The molecule has 0 atom stereocenters. The van der Waals surface area contributed by atoms with Gasteiger partial charge in [-0.3, -0.25) is 9.36 Å².